The Morgan fingerprint density at radius 3 is 2.94 bits per heavy atom. The molecule has 0 aromatic carbocycles. The van der Waals surface area contributed by atoms with Gasteiger partial charge >= 0.3 is 5.97 Å². The number of carbonyl (C=O) groups is 1. The Bertz CT molecular complexity index is 397. The van der Waals surface area contributed by atoms with Crippen molar-refractivity contribution >= 4 is 17.3 Å². The van der Waals surface area contributed by atoms with E-state index in [4.69, 9.17) is 5.11 Å². The van der Waals surface area contributed by atoms with E-state index in [0.717, 1.165) is 12.8 Å². The molecule has 1 heterocycles. The second kappa shape index (κ2) is 5.21. The molecule has 17 heavy (non-hydrogen) atoms. The lowest BCUT2D eigenvalue weighted by Crippen LogP contribution is -2.01. The Balaban J connectivity index is 1.87. The number of rotatable bonds is 6. The summed E-state index contributed by atoms with van der Waals surface area (Å²) in [6.07, 6.45) is 4.27. The Labute approximate surface area is 107 Å². The van der Waals surface area contributed by atoms with Gasteiger partial charge in [-0.3, -0.25) is 4.79 Å². The molecule has 1 aromatic heterocycles. The minimum absolute atomic E-state index is 0.0625. The zero-order valence-corrected chi connectivity index (χ0v) is 11.3. The van der Waals surface area contributed by atoms with Crippen molar-refractivity contribution in [1.82, 2.24) is 0 Å². The number of aliphatic carboxylic acids is 1. The molecule has 3 atom stereocenters. The maximum absolute atomic E-state index is 10.8. The highest BCUT2D eigenvalue weighted by Crippen LogP contribution is 2.45. The Kier molecular flexibility index (Phi) is 3.87. The van der Waals surface area contributed by atoms with Crippen LogP contribution in [0.15, 0.2) is 12.1 Å². The number of hydrogen-bond acceptors (Lipinski definition) is 2. The maximum atomic E-state index is 10.8. The van der Waals surface area contributed by atoms with Crippen molar-refractivity contribution in [3.63, 3.8) is 0 Å². The van der Waals surface area contributed by atoms with Crippen molar-refractivity contribution in [1.29, 1.82) is 0 Å². The largest absolute Gasteiger partial charge is 0.481 e. The summed E-state index contributed by atoms with van der Waals surface area (Å²) in [6, 6.07) is 4.44. The van der Waals surface area contributed by atoms with E-state index in [2.05, 4.69) is 26.0 Å². The van der Waals surface area contributed by atoms with E-state index >= 15 is 0 Å². The first-order chi connectivity index (χ1) is 8.11. The quantitative estimate of drug-likeness (QED) is 0.833. The first-order valence-corrected chi connectivity index (χ1v) is 7.24. The molecule has 0 radical (unpaired) electrons. The molecule has 2 rings (SSSR count). The van der Waals surface area contributed by atoms with Crippen LogP contribution in [0.2, 0.25) is 0 Å². The molecule has 1 saturated carbocycles. The van der Waals surface area contributed by atoms with E-state index in [1.165, 1.54) is 22.6 Å². The smallest absolute Gasteiger partial charge is 0.306 e. The summed E-state index contributed by atoms with van der Waals surface area (Å²) >= 11 is 1.90. The molecule has 3 heteroatoms. The summed E-state index contributed by atoms with van der Waals surface area (Å²) in [4.78, 5) is 13.7. The van der Waals surface area contributed by atoms with Crippen molar-refractivity contribution in [3.05, 3.63) is 21.9 Å². The predicted octanol–water partition coefficient (Wildman–Crippen LogP) is 3.91. The van der Waals surface area contributed by atoms with E-state index in [1.807, 2.05) is 11.3 Å². The lowest BCUT2D eigenvalue weighted by Gasteiger charge is -2.07. The van der Waals surface area contributed by atoms with Crippen LogP contribution in [0.25, 0.3) is 0 Å². The molecule has 2 nitrogen and oxygen atoms in total. The van der Waals surface area contributed by atoms with Crippen LogP contribution >= 0.6 is 11.3 Å². The van der Waals surface area contributed by atoms with Gasteiger partial charge in [-0.1, -0.05) is 20.3 Å². The topological polar surface area (TPSA) is 37.3 Å². The lowest BCUT2D eigenvalue weighted by molar-refractivity contribution is -0.138. The SMILES string of the molecule is CCCc1ccc(C(C)CC2CC2C(=O)O)s1. The monoisotopic (exact) mass is 252 g/mol. The minimum atomic E-state index is -0.611. The van der Waals surface area contributed by atoms with E-state index in [1.54, 1.807) is 0 Å². The molecular weight excluding hydrogens is 232 g/mol. The maximum Gasteiger partial charge on any atom is 0.306 e. The van der Waals surface area contributed by atoms with Crippen LogP contribution in [0.3, 0.4) is 0 Å². The highest BCUT2D eigenvalue weighted by molar-refractivity contribution is 7.12. The van der Waals surface area contributed by atoms with Crippen LogP contribution in [-0.4, -0.2) is 11.1 Å². The van der Waals surface area contributed by atoms with Crippen molar-refractivity contribution in [2.75, 3.05) is 0 Å². The molecule has 94 valence electrons. The van der Waals surface area contributed by atoms with Crippen LogP contribution in [-0.2, 0) is 11.2 Å². The van der Waals surface area contributed by atoms with E-state index in [9.17, 15) is 4.79 Å². The van der Waals surface area contributed by atoms with Gasteiger partial charge in [-0.25, -0.2) is 0 Å². The zero-order valence-electron chi connectivity index (χ0n) is 10.5. The second-order valence-corrected chi connectivity index (χ2v) is 6.33. The molecule has 3 unspecified atom stereocenters. The highest BCUT2D eigenvalue weighted by Gasteiger charge is 2.43. The van der Waals surface area contributed by atoms with Gasteiger partial charge in [0.25, 0.3) is 0 Å². The Morgan fingerprint density at radius 1 is 1.59 bits per heavy atom. The number of thiophene rings is 1. The summed E-state index contributed by atoms with van der Waals surface area (Å²) in [5, 5.41) is 8.88. The standard InChI is InChI=1S/C14H20O2S/c1-3-4-11-5-6-13(17-11)9(2)7-10-8-12(10)14(15)16/h5-6,9-10,12H,3-4,7-8H2,1-2H3,(H,15,16). The van der Waals surface area contributed by atoms with Crippen molar-refractivity contribution in [3.8, 4) is 0 Å². The van der Waals surface area contributed by atoms with Crippen LogP contribution in [0.5, 0.6) is 0 Å². The molecular formula is C14H20O2S. The van der Waals surface area contributed by atoms with E-state index in [0.29, 0.717) is 11.8 Å². The van der Waals surface area contributed by atoms with Crippen LogP contribution < -0.4 is 0 Å². The molecule has 0 spiro atoms. The van der Waals surface area contributed by atoms with Gasteiger partial charge in [0.05, 0.1) is 5.92 Å². The van der Waals surface area contributed by atoms with Gasteiger partial charge in [-0.2, -0.15) is 0 Å². The van der Waals surface area contributed by atoms with E-state index in [-0.39, 0.29) is 5.92 Å². The van der Waals surface area contributed by atoms with Gasteiger partial charge in [0, 0.05) is 9.75 Å². The minimum Gasteiger partial charge on any atom is -0.481 e. The van der Waals surface area contributed by atoms with Gasteiger partial charge in [0.1, 0.15) is 0 Å². The molecule has 1 aliphatic carbocycles. The van der Waals surface area contributed by atoms with Crippen molar-refractivity contribution < 1.29 is 9.90 Å². The molecule has 1 fully saturated rings. The van der Waals surface area contributed by atoms with Crippen LogP contribution in [0.4, 0.5) is 0 Å². The summed E-state index contributed by atoms with van der Waals surface area (Å²) in [5.74, 6) is 0.256. The van der Waals surface area contributed by atoms with Gasteiger partial charge in [0.15, 0.2) is 0 Å². The average molecular weight is 252 g/mol. The number of aryl methyl sites for hydroxylation is 1. The number of hydrogen-bond donors (Lipinski definition) is 1. The van der Waals surface area contributed by atoms with Crippen LogP contribution in [0, 0.1) is 11.8 Å². The second-order valence-electron chi connectivity index (χ2n) is 5.13. The number of carboxylic acids is 1. The van der Waals surface area contributed by atoms with Crippen molar-refractivity contribution in [2.24, 2.45) is 11.8 Å². The van der Waals surface area contributed by atoms with E-state index < -0.39 is 5.97 Å². The molecule has 1 N–H and O–H groups in total. The normalized spacial score (nSPS) is 24.6. The summed E-state index contributed by atoms with van der Waals surface area (Å²) in [5.41, 5.74) is 0. The third-order valence-electron chi connectivity index (χ3n) is 3.56. The fourth-order valence-electron chi connectivity index (χ4n) is 2.42. The summed E-state index contributed by atoms with van der Waals surface area (Å²) in [7, 11) is 0. The highest BCUT2D eigenvalue weighted by atomic mass is 32.1. The lowest BCUT2D eigenvalue weighted by atomic mass is 10.0. The molecule has 0 amide bonds. The molecule has 0 saturated heterocycles. The van der Waals surface area contributed by atoms with Gasteiger partial charge in [-0.05, 0) is 43.2 Å². The van der Waals surface area contributed by atoms with Gasteiger partial charge < -0.3 is 5.11 Å². The zero-order chi connectivity index (χ0) is 12.4. The molecule has 1 aliphatic rings. The fourth-order valence-corrected chi connectivity index (χ4v) is 3.60. The van der Waals surface area contributed by atoms with Gasteiger partial charge in [0.2, 0.25) is 0 Å². The fraction of sp³-hybridized carbons (Fsp3) is 0.643. The molecule has 1 aromatic rings. The summed E-state index contributed by atoms with van der Waals surface area (Å²) in [6.45, 7) is 4.42. The third-order valence-corrected chi connectivity index (χ3v) is 4.94. The third kappa shape index (κ3) is 3.09. The first-order valence-electron chi connectivity index (χ1n) is 6.43. The Morgan fingerprint density at radius 2 is 2.35 bits per heavy atom. The van der Waals surface area contributed by atoms with Gasteiger partial charge in [-0.15, -0.1) is 11.3 Å². The number of carboxylic acid groups (broad SMARTS) is 1. The predicted molar refractivity (Wildman–Crippen MR) is 70.6 cm³/mol. The van der Waals surface area contributed by atoms with Crippen molar-refractivity contribution in [2.45, 2.75) is 45.4 Å². The van der Waals surface area contributed by atoms with Crippen LogP contribution in [0.1, 0.15) is 48.8 Å². The Hall–Kier alpha value is -0.830. The average Bonchev–Trinajstić information content (AvgIpc) is 2.88. The summed E-state index contributed by atoms with van der Waals surface area (Å²) < 4.78 is 0. The molecule has 0 aliphatic heterocycles. The molecule has 0 bridgehead atoms. The first kappa shape index (κ1) is 12.6.